The SMILES string of the molecule is Cc1ccc(C)c(-n2c(=O)c3sccc3n(CC(=O)Nc3ccc(N(C)C)cc3)c2=O)c1. The molecule has 8 heteroatoms. The average Bonchev–Trinajstić information content (AvgIpc) is 3.24. The maximum absolute atomic E-state index is 13.4. The summed E-state index contributed by atoms with van der Waals surface area (Å²) in [6, 6.07) is 14.8. The number of hydrogen-bond acceptors (Lipinski definition) is 5. The van der Waals surface area contributed by atoms with Gasteiger partial charge in [-0.3, -0.25) is 14.2 Å². The number of benzene rings is 2. The average molecular weight is 449 g/mol. The van der Waals surface area contributed by atoms with Gasteiger partial charge in [0.05, 0.1) is 11.2 Å². The molecule has 0 aliphatic rings. The van der Waals surface area contributed by atoms with E-state index >= 15 is 0 Å². The Morgan fingerprint density at radius 3 is 2.44 bits per heavy atom. The van der Waals surface area contributed by atoms with Crippen LogP contribution >= 0.6 is 11.3 Å². The highest BCUT2D eigenvalue weighted by atomic mass is 32.1. The number of rotatable bonds is 5. The van der Waals surface area contributed by atoms with Gasteiger partial charge in [-0.25, -0.2) is 9.36 Å². The molecule has 4 rings (SSSR count). The first-order chi connectivity index (χ1) is 15.3. The summed E-state index contributed by atoms with van der Waals surface area (Å²) in [6.45, 7) is 3.56. The number of carbonyl (C=O) groups excluding carboxylic acids is 1. The molecule has 1 amide bonds. The van der Waals surface area contributed by atoms with E-state index < -0.39 is 5.69 Å². The monoisotopic (exact) mass is 448 g/mol. The lowest BCUT2D eigenvalue weighted by molar-refractivity contribution is -0.116. The molecule has 4 aromatic rings. The molecule has 2 aromatic heterocycles. The van der Waals surface area contributed by atoms with Gasteiger partial charge in [-0.05, 0) is 66.8 Å². The number of aryl methyl sites for hydroxylation is 2. The summed E-state index contributed by atoms with van der Waals surface area (Å²) in [5, 5.41) is 4.59. The van der Waals surface area contributed by atoms with Crippen molar-refractivity contribution in [1.29, 1.82) is 0 Å². The highest BCUT2D eigenvalue weighted by Gasteiger charge is 2.18. The molecule has 2 aromatic carbocycles. The van der Waals surface area contributed by atoms with Gasteiger partial charge in [0.25, 0.3) is 5.56 Å². The Labute approximate surface area is 189 Å². The van der Waals surface area contributed by atoms with Gasteiger partial charge in [-0.15, -0.1) is 11.3 Å². The first kappa shape index (κ1) is 21.6. The molecular formula is C24H24N4O3S. The largest absolute Gasteiger partial charge is 0.378 e. The summed E-state index contributed by atoms with van der Waals surface area (Å²) in [5.74, 6) is -0.344. The fourth-order valence-corrected chi connectivity index (χ4v) is 4.42. The Morgan fingerprint density at radius 1 is 1.03 bits per heavy atom. The van der Waals surface area contributed by atoms with E-state index in [-0.39, 0.29) is 18.0 Å². The van der Waals surface area contributed by atoms with Crippen LogP contribution in [-0.2, 0) is 11.3 Å². The summed E-state index contributed by atoms with van der Waals surface area (Å²) in [5.41, 5.74) is 3.49. The third-order valence-electron chi connectivity index (χ3n) is 5.33. The second kappa shape index (κ2) is 8.47. The van der Waals surface area contributed by atoms with E-state index in [0.717, 1.165) is 16.8 Å². The molecule has 1 N–H and O–H groups in total. The van der Waals surface area contributed by atoms with Crippen molar-refractivity contribution in [3.05, 3.63) is 85.9 Å². The number of anilines is 2. The fourth-order valence-electron chi connectivity index (χ4n) is 3.60. The van der Waals surface area contributed by atoms with Gasteiger partial charge in [-0.1, -0.05) is 12.1 Å². The number of amides is 1. The van der Waals surface area contributed by atoms with Crippen LogP contribution in [0.15, 0.2) is 63.5 Å². The molecule has 0 radical (unpaired) electrons. The van der Waals surface area contributed by atoms with Crippen molar-refractivity contribution in [2.45, 2.75) is 20.4 Å². The Kier molecular flexibility index (Phi) is 5.71. The van der Waals surface area contributed by atoms with E-state index in [2.05, 4.69) is 5.32 Å². The predicted octanol–water partition coefficient (Wildman–Crippen LogP) is 3.54. The van der Waals surface area contributed by atoms with Crippen LogP contribution in [0.3, 0.4) is 0 Å². The summed E-state index contributed by atoms with van der Waals surface area (Å²) < 4.78 is 2.97. The van der Waals surface area contributed by atoms with Gasteiger partial charge in [0.1, 0.15) is 11.2 Å². The van der Waals surface area contributed by atoms with Gasteiger partial charge in [-0.2, -0.15) is 0 Å². The van der Waals surface area contributed by atoms with Crippen molar-refractivity contribution in [1.82, 2.24) is 9.13 Å². The van der Waals surface area contributed by atoms with Crippen LogP contribution in [0.2, 0.25) is 0 Å². The second-order valence-corrected chi connectivity index (χ2v) is 8.84. The number of aromatic nitrogens is 2. The minimum absolute atomic E-state index is 0.202. The van der Waals surface area contributed by atoms with E-state index in [1.807, 2.05) is 75.3 Å². The van der Waals surface area contributed by atoms with E-state index in [0.29, 0.717) is 21.6 Å². The standard InChI is InChI=1S/C24H24N4O3S/c1-15-5-6-16(2)20(13-15)28-23(30)22-19(11-12-32-22)27(24(28)31)14-21(29)25-17-7-9-18(10-8-17)26(3)4/h5-13H,14H2,1-4H3,(H,25,29). The number of hydrogen-bond donors (Lipinski definition) is 1. The molecule has 32 heavy (non-hydrogen) atoms. The Balaban J connectivity index is 1.75. The van der Waals surface area contributed by atoms with Crippen molar-refractivity contribution in [3.63, 3.8) is 0 Å². The van der Waals surface area contributed by atoms with Crippen LogP contribution in [0.5, 0.6) is 0 Å². The van der Waals surface area contributed by atoms with Gasteiger partial charge < -0.3 is 10.2 Å². The van der Waals surface area contributed by atoms with Crippen LogP contribution < -0.4 is 21.5 Å². The Bertz CT molecular complexity index is 1430. The fraction of sp³-hybridized carbons (Fsp3) is 0.208. The summed E-state index contributed by atoms with van der Waals surface area (Å²) >= 11 is 1.26. The zero-order valence-corrected chi connectivity index (χ0v) is 19.2. The molecule has 0 unspecified atom stereocenters. The minimum Gasteiger partial charge on any atom is -0.378 e. The number of nitrogens with zero attached hydrogens (tertiary/aromatic N) is 3. The van der Waals surface area contributed by atoms with Crippen LogP contribution in [0.1, 0.15) is 11.1 Å². The summed E-state index contributed by atoms with van der Waals surface area (Å²) in [6.07, 6.45) is 0. The lowest BCUT2D eigenvalue weighted by Gasteiger charge is -2.15. The maximum atomic E-state index is 13.4. The molecule has 164 valence electrons. The van der Waals surface area contributed by atoms with Crippen molar-refractivity contribution in [2.75, 3.05) is 24.3 Å². The molecule has 0 bridgehead atoms. The van der Waals surface area contributed by atoms with Crippen LogP contribution in [-0.4, -0.2) is 29.1 Å². The summed E-state index contributed by atoms with van der Waals surface area (Å²) in [4.78, 5) is 41.3. The zero-order chi connectivity index (χ0) is 23.0. The number of nitrogens with one attached hydrogen (secondary N) is 1. The number of thiophene rings is 1. The first-order valence-electron chi connectivity index (χ1n) is 10.1. The van der Waals surface area contributed by atoms with Crippen molar-refractivity contribution >= 4 is 38.8 Å². The molecule has 0 atom stereocenters. The van der Waals surface area contributed by atoms with Gasteiger partial charge >= 0.3 is 5.69 Å². The molecule has 0 saturated carbocycles. The minimum atomic E-state index is -0.535. The number of fused-ring (bicyclic) bond motifs is 1. The third-order valence-corrected chi connectivity index (χ3v) is 6.22. The lowest BCUT2D eigenvalue weighted by Crippen LogP contribution is -2.40. The van der Waals surface area contributed by atoms with Gasteiger partial charge in [0.15, 0.2) is 0 Å². The normalized spacial score (nSPS) is 11.0. The second-order valence-electron chi connectivity index (χ2n) is 7.92. The zero-order valence-electron chi connectivity index (χ0n) is 18.4. The maximum Gasteiger partial charge on any atom is 0.336 e. The highest BCUT2D eigenvalue weighted by Crippen LogP contribution is 2.19. The van der Waals surface area contributed by atoms with Crippen molar-refractivity contribution in [2.24, 2.45) is 0 Å². The first-order valence-corrected chi connectivity index (χ1v) is 11.0. The van der Waals surface area contributed by atoms with E-state index in [4.69, 9.17) is 0 Å². The topological polar surface area (TPSA) is 76.3 Å². The third kappa shape index (κ3) is 3.97. The molecule has 0 aliphatic carbocycles. The van der Waals surface area contributed by atoms with Crippen LogP contribution in [0.4, 0.5) is 11.4 Å². The Hall–Kier alpha value is -3.65. The van der Waals surface area contributed by atoms with E-state index in [9.17, 15) is 14.4 Å². The highest BCUT2D eigenvalue weighted by molar-refractivity contribution is 7.17. The molecule has 0 aliphatic heterocycles. The quantitative estimate of drug-likeness (QED) is 0.507. The Morgan fingerprint density at radius 2 is 1.75 bits per heavy atom. The van der Waals surface area contributed by atoms with E-state index in [1.165, 1.54) is 20.5 Å². The molecule has 2 heterocycles. The predicted molar refractivity (Wildman–Crippen MR) is 131 cm³/mol. The summed E-state index contributed by atoms with van der Waals surface area (Å²) in [7, 11) is 3.88. The van der Waals surface area contributed by atoms with Gasteiger partial charge in [0.2, 0.25) is 5.91 Å². The lowest BCUT2D eigenvalue weighted by atomic mass is 10.1. The van der Waals surface area contributed by atoms with Crippen molar-refractivity contribution < 1.29 is 4.79 Å². The van der Waals surface area contributed by atoms with Crippen LogP contribution in [0, 0.1) is 13.8 Å². The van der Waals surface area contributed by atoms with E-state index in [1.54, 1.807) is 11.4 Å². The van der Waals surface area contributed by atoms with Gasteiger partial charge in [0, 0.05) is 25.5 Å². The molecular weight excluding hydrogens is 424 g/mol. The molecule has 0 fully saturated rings. The van der Waals surface area contributed by atoms with Crippen LogP contribution in [0.25, 0.3) is 15.9 Å². The van der Waals surface area contributed by atoms with Crippen molar-refractivity contribution in [3.8, 4) is 5.69 Å². The molecule has 0 saturated heterocycles. The molecule has 0 spiro atoms. The smallest absolute Gasteiger partial charge is 0.336 e. The number of carbonyl (C=O) groups is 1. The molecule has 7 nitrogen and oxygen atoms in total.